The molecule has 0 fully saturated rings. The zero-order valence-electron chi connectivity index (χ0n) is 6.39. The minimum absolute atomic E-state index is 0.0640. The van der Waals surface area contributed by atoms with Crippen LogP contribution in [0.4, 0.5) is 0 Å². The van der Waals surface area contributed by atoms with E-state index >= 15 is 0 Å². The van der Waals surface area contributed by atoms with Crippen molar-refractivity contribution in [3.63, 3.8) is 0 Å². The highest BCUT2D eigenvalue weighted by atomic mass is 35.5. The van der Waals surface area contributed by atoms with Crippen LogP contribution in [0.5, 0.6) is 0 Å². The van der Waals surface area contributed by atoms with Gasteiger partial charge in [0, 0.05) is 0 Å². The Morgan fingerprint density at radius 2 is 1.50 bits per heavy atom. The van der Waals surface area contributed by atoms with Gasteiger partial charge in [0.15, 0.2) is 0 Å². The lowest BCUT2D eigenvalue weighted by Crippen LogP contribution is -2.13. The van der Waals surface area contributed by atoms with Gasteiger partial charge in [-0.2, -0.15) is 0 Å². The van der Waals surface area contributed by atoms with Gasteiger partial charge >= 0.3 is 0 Å². The quantitative estimate of drug-likeness (QED) is 0.639. The fourth-order valence-electron chi connectivity index (χ4n) is 0.810. The Morgan fingerprint density at radius 1 is 1.00 bits per heavy atom. The summed E-state index contributed by atoms with van der Waals surface area (Å²) >= 11 is 22.5. The molecule has 0 aliphatic heterocycles. The first-order valence-electron chi connectivity index (χ1n) is 3.11. The molecule has 1 aromatic carbocycles. The molecule has 78 valence electrons. The summed E-state index contributed by atoms with van der Waals surface area (Å²) in [4.78, 5) is -0.421. The average molecular weight is 295 g/mol. The van der Waals surface area contributed by atoms with Crippen molar-refractivity contribution in [1.82, 2.24) is 0 Å². The average Bonchev–Trinajstić information content (AvgIpc) is 1.97. The summed E-state index contributed by atoms with van der Waals surface area (Å²) in [5.41, 5.74) is 0. The van der Waals surface area contributed by atoms with Crippen LogP contribution in [-0.4, -0.2) is 8.42 Å². The number of sulfonamides is 1. The lowest BCUT2D eigenvalue weighted by Gasteiger charge is -2.07. The number of rotatable bonds is 1. The number of halogens is 4. The number of primary sulfonamides is 1. The van der Waals surface area contributed by atoms with E-state index in [4.69, 9.17) is 51.5 Å². The molecule has 0 atom stereocenters. The smallest absolute Gasteiger partial charge is 0.225 e. The molecule has 0 unspecified atom stereocenters. The van der Waals surface area contributed by atoms with E-state index in [1.54, 1.807) is 0 Å². The van der Waals surface area contributed by atoms with Gasteiger partial charge in [-0.25, -0.2) is 13.6 Å². The molecule has 0 saturated heterocycles. The summed E-state index contributed by atoms with van der Waals surface area (Å²) in [6.45, 7) is 0. The molecule has 0 spiro atoms. The minimum atomic E-state index is -4.01. The Bertz CT molecular complexity index is 485. The van der Waals surface area contributed by atoms with Gasteiger partial charge < -0.3 is 0 Å². The second-order valence-corrected chi connectivity index (χ2v) is 5.41. The molecule has 8 heteroatoms. The molecule has 0 aliphatic rings. The first kappa shape index (κ1) is 12.4. The van der Waals surface area contributed by atoms with Crippen molar-refractivity contribution in [3.8, 4) is 0 Å². The first-order chi connectivity index (χ1) is 6.25. The third-order valence-electron chi connectivity index (χ3n) is 1.36. The van der Waals surface area contributed by atoms with E-state index in [-0.39, 0.29) is 20.1 Å². The number of hydrogen-bond acceptors (Lipinski definition) is 2. The maximum atomic E-state index is 11.0. The Hall–Kier alpha value is 0.290. The first-order valence-corrected chi connectivity index (χ1v) is 6.16. The van der Waals surface area contributed by atoms with Crippen molar-refractivity contribution in [1.29, 1.82) is 0 Å². The molecule has 0 heterocycles. The normalized spacial score (nSPS) is 11.8. The van der Waals surface area contributed by atoms with Gasteiger partial charge in [0.25, 0.3) is 0 Å². The molecule has 2 N–H and O–H groups in total. The van der Waals surface area contributed by atoms with Gasteiger partial charge in [-0.1, -0.05) is 46.4 Å². The second-order valence-electron chi connectivity index (χ2n) is 2.34. The lowest BCUT2D eigenvalue weighted by atomic mass is 10.3. The largest absolute Gasteiger partial charge is 0.241 e. The van der Waals surface area contributed by atoms with Gasteiger partial charge in [0.1, 0.15) is 4.90 Å². The Kier molecular flexibility index (Phi) is 3.57. The zero-order chi connectivity index (χ0) is 11.1. The summed E-state index contributed by atoms with van der Waals surface area (Å²) < 4.78 is 22.1. The van der Waals surface area contributed by atoms with Gasteiger partial charge in [-0.15, -0.1) is 0 Å². The van der Waals surface area contributed by atoms with Gasteiger partial charge in [0.05, 0.1) is 20.1 Å². The Balaban J connectivity index is 3.70. The topological polar surface area (TPSA) is 60.2 Å². The van der Waals surface area contributed by atoms with E-state index in [1.165, 1.54) is 0 Å². The number of hydrogen-bond donors (Lipinski definition) is 1. The fourth-order valence-corrected chi connectivity index (χ4v) is 3.11. The Morgan fingerprint density at radius 3 is 1.93 bits per heavy atom. The zero-order valence-corrected chi connectivity index (χ0v) is 10.2. The molecule has 0 amide bonds. The van der Waals surface area contributed by atoms with Crippen LogP contribution in [0.15, 0.2) is 11.0 Å². The van der Waals surface area contributed by atoms with Crippen LogP contribution in [0.2, 0.25) is 20.1 Å². The number of benzene rings is 1. The van der Waals surface area contributed by atoms with Crippen LogP contribution in [0, 0.1) is 0 Å². The van der Waals surface area contributed by atoms with E-state index in [0.717, 1.165) is 6.07 Å². The van der Waals surface area contributed by atoms with E-state index in [9.17, 15) is 8.42 Å². The predicted octanol–water partition coefficient (Wildman–Crippen LogP) is 2.95. The van der Waals surface area contributed by atoms with Crippen molar-refractivity contribution in [3.05, 3.63) is 26.2 Å². The van der Waals surface area contributed by atoms with Gasteiger partial charge in [-0.05, 0) is 6.07 Å². The van der Waals surface area contributed by atoms with Crippen molar-refractivity contribution in [2.24, 2.45) is 5.14 Å². The van der Waals surface area contributed by atoms with Gasteiger partial charge in [0.2, 0.25) is 10.0 Å². The van der Waals surface area contributed by atoms with Crippen molar-refractivity contribution < 1.29 is 8.42 Å². The third-order valence-corrected chi connectivity index (χ3v) is 4.13. The summed E-state index contributed by atoms with van der Waals surface area (Å²) in [5.74, 6) is 0. The second kappa shape index (κ2) is 4.04. The molecular weight excluding hydrogens is 292 g/mol. The Labute approximate surface area is 101 Å². The number of nitrogens with two attached hydrogens (primary N) is 1. The summed E-state index contributed by atoms with van der Waals surface area (Å²) in [7, 11) is -4.01. The summed E-state index contributed by atoms with van der Waals surface area (Å²) in [5, 5.41) is 4.42. The molecule has 0 aromatic heterocycles. The van der Waals surface area contributed by atoms with Crippen LogP contribution < -0.4 is 5.14 Å². The van der Waals surface area contributed by atoms with E-state index in [0.29, 0.717) is 0 Å². The highest BCUT2D eigenvalue weighted by Gasteiger charge is 2.21. The monoisotopic (exact) mass is 293 g/mol. The maximum Gasteiger partial charge on any atom is 0.241 e. The molecule has 1 aromatic rings. The van der Waals surface area contributed by atoms with E-state index < -0.39 is 14.9 Å². The minimum Gasteiger partial charge on any atom is -0.225 e. The molecule has 0 radical (unpaired) electrons. The highest BCUT2D eigenvalue weighted by Crippen LogP contribution is 2.39. The molecule has 3 nitrogen and oxygen atoms in total. The van der Waals surface area contributed by atoms with Crippen LogP contribution in [0.1, 0.15) is 0 Å². The van der Waals surface area contributed by atoms with Crippen molar-refractivity contribution in [2.45, 2.75) is 4.90 Å². The van der Waals surface area contributed by atoms with Gasteiger partial charge in [-0.3, -0.25) is 0 Å². The standard InChI is InChI=1S/C6H3Cl4NO2S/c7-2-1-3(8)6(14(11,12)13)5(10)4(2)9/h1H,(H2,11,12,13). The van der Waals surface area contributed by atoms with Crippen LogP contribution >= 0.6 is 46.4 Å². The van der Waals surface area contributed by atoms with E-state index in [1.807, 2.05) is 0 Å². The molecule has 0 aliphatic carbocycles. The molecule has 1 rings (SSSR count). The highest BCUT2D eigenvalue weighted by molar-refractivity contribution is 7.89. The van der Waals surface area contributed by atoms with Crippen LogP contribution in [0.25, 0.3) is 0 Å². The SMILES string of the molecule is NS(=O)(=O)c1c(Cl)cc(Cl)c(Cl)c1Cl. The predicted molar refractivity (Wildman–Crippen MR) is 57.9 cm³/mol. The maximum absolute atomic E-state index is 11.0. The van der Waals surface area contributed by atoms with Crippen LogP contribution in [0.3, 0.4) is 0 Å². The summed E-state index contributed by atoms with van der Waals surface area (Å²) in [6, 6.07) is 1.16. The van der Waals surface area contributed by atoms with E-state index in [2.05, 4.69) is 0 Å². The fraction of sp³-hybridized carbons (Fsp3) is 0. The molecular formula is C6H3Cl4NO2S. The third kappa shape index (κ3) is 2.27. The lowest BCUT2D eigenvalue weighted by molar-refractivity contribution is 0.598. The van der Waals surface area contributed by atoms with Crippen molar-refractivity contribution >= 4 is 56.4 Å². The summed E-state index contributed by atoms with van der Waals surface area (Å²) in [6.07, 6.45) is 0. The molecule has 0 saturated carbocycles. The molecule has 0 bridgehead atoms. The van der Waals surface area contributed by atoms with Crippen LogP contribution in [-0.2, 0) is 10.0 Å². The molecule has 14 heavy (non-hydrogen) atoms. The van der Waals surface area contributed by atoms with Crippen molar-refractivity contribution in [2.75, 3.05) is 0 Å².